The minimum Gasteiger partial charge on any atom is -0.495 e. The van der Waals surface area contributed by atoms with Crippen molar-refractivity contribution in [1.82, 2.24) is 4.98 Å². The van der Waals surface area contributed by atoms with Gasteiger partial charge < -0.3 is 15.8 Å². The first-order valence-corrected chi connectivity index (χ1v) is 5.94. The van der Waals surface area contributed by atoms with Crippen molar-refractivity contribution in [2.45, 2.75) is 13.1 Å². The molecule has 0 spiro atoms. The molecule has 0 radical (unpaired) electrons. The fourth-order valence-corrected chi connectivity index (χ4v) is 1.65. The van der Waals surface area contributed by atoms with Crippen LogP contribution in [0.1, 0.15) is 11.1 Å². The highest BCUT2D eigenvalue weighted by atomic mass is 19.1. The zero-order chi connectivity index (χ0) is 13.7. The van der Waals surface area contributed by atoms with Crippen molar-refractivity contribution in [3.05, 3.63) is 53.5 Å². The second-order valence-electron chi connectivity index (χ2n) is 4.07. The van der Waals surface area contributed by atoms with Crippen LogP contribution in [0, 0.1) is 5.82 Å². The number of nitrogens with two attached hydrogens (primary N) is 1. The van der Waals surface area contributed by atoms with E-state index in [0.717, 1.165) is 5.56 Å². The summed E-state index contributed by atoms with van der Waals surface area (Å²) in [6.45, 7) is 0.709. The third-order valence-corrected chi connectivity index (χ3v) is 2.79. The van der Waals surface area contributed by atoms with E-state index < -0.39 is 0 Å². The van der Waals surface area contributed by atoms with Crippen LogP contribution in [0.2, 0.25) is 0 Å². The van der Waals surface area contributed by atoms with Crippen LogP contribution in [0.25, 0.3) is 0 Å². The Balaban J connectivity index is 2.01. The van der Waals surface area contributed by atoms with Gasteiger partial charge in [0.25, 0.3) is 0 Å². The zero-order valence-electron chi connectivity index (χ0n) is 10.7. The minimum atomic E-state index is -0.260. The Morgan fingerprint density at radius 2 is 2.16 bits per heavy atom. The molecule has 1 aromatic heterocycles. The van der Waals surface area contributed by atoms with Gasteiger partial charge in [-0.1, -0.05) is 12.1 Å². The van der Waals surface area contributed by atoms with Crippen molar-refractivity contribution in [1.29, 1.82) is 0 Å². The van der Waals surface area contributed by atoms with Crippen LogP contribution in [0.15, 0.2) is 36.5 Å². The van der Waals surface area contributed by atoms with Crippen LogP contribution in [0.5, 0.6) is 5.75 Å². The topological polar surface area (TPSA) is 60.2 Å². The van der Waals surface area contributed by atoms with Crippen LogP contribution >= 0.6 is 0 Å². The van der Waals surface area contributed by atoms with E-state index in [0.29, 0.717) is 30.2 Å². The Morgan fingerprint density at radius 3 is 2.74 bits per heavy atom. The number of nitrogens with one attached hydrogen (secondary N) is 1. The molecule has 1 aromatic carbocycles. The lowest BCUT2D eigenvalue weighted by Gasteiger charge is -2.08. The van der Waals surface area contributed by atoms with Crippen molar-refractivity contribution in [2.24, 2.45) is 5.73 Å². The summed E-state index contributed by atoms with van der Waals surface area (Å²) in [7, 11) is 1.58. The number of ether oxygens (including phenoxy) is 1. The van der Waals surface area contributed by atoms with Gasteiger partial charge in [0.2, 0.25) is 0 Å². The molecule has 0 aliphatic carbocycles. The molecule has 0 bridgehead atoms. The number of rotatable bonds is 5. The summed E-state index contributed by atoms with van der Waals surface area (Å²) in [5.74, 6) is 1.09. The maximum absolute atomic E-state index is 13.7. The summed E-state index contributed by atoms with van der Waals surface area (Å²) in [6.07, 6.45) is 1.61. The Kier molecular flexibility index (Phi) is 4.30. The first kappa shape index (κ1) is 13.3. The molecule has 0 aliphatic heterocycles. The lowest BCUT2D eigenvalue weighted by Crippen LogP contribution is -2.05. The molecule has 0 atom stereocenters. The van der Waals surface area contributed by atoms with Crippen LogP contribution in [-0.4, -0.2) is 12.1 Å². The number of aromatic nitrogens is 1. The van der Waals surface area contributed by atoms with Crippen molar-refractivity contribution >= 4 is 5.82 Å². The molecule has 1 heterocycles. The summed E-state index contributed by atoms with van der Waals surface area (Å²) in [5.41, 5.74) is 6.82. The molecule has 2 rings (SSSR count). The highest BCUT2D eigenvalue weighted by Gasteiger charge is 2.03. The lowest BCUT2D eigenvalue weighted by molar-refractivity contribution is 0.413. The van der Waals surface area contributed by atoms with Gasteiger partial charge in [0.1, 0.15) is 17.4 Å². The van der Waals surface area contributed by atoms with Gasteiger partial charge in [-0.05, 0) is 23.8 Å². The van der Waals surface area contributed by atoms with Crippen molar-refractivity contribution in [3.8, 4) is 5.75 Å². The number of pyridine rings is 1. The fourth-order valence-electron chi connectivity index (χ4n) is 1.65. The molecule has 0 unspecified atom stereocenters. The second-order valence-corrected chi connectivity index (χ2v) is 4.07. The third kappa shape index (κ3) is 3.42. The normalized spacial score (nSPS) is 10.3. The SMILES string of the molecule is COc1ccc(NCc2ccc(CN)cc2F)nc1. The molecule has 19 heavy (non-hydrogen) atoms. The highest BCUT2D eigenvalue weighted by Crippen LogP contribution is 2.14. The largest absolute Gasteiger partial charge is 0.495 e. The molecule has 5 heteroatoms. The fraction of sp³-hybridized carbons (Fsp3) is 0.214. The molecular formula is C14H16FN3O. The summed E-state index contributed by atoms with van der Waals surface area (Å²) in [6, 6.07) is 8.59. The van der Waals surface area contributed by atoms with E-state index >= 15 is 0 Å². The van der Waals surface area contributed by atoms with E-state index in [1.807, 2.05) is 6.07 Å². The van der Waals surface area contributed by atoms with E-state index in [9.17, 15) is 4.39 Å². The lowest BCUT2D eigenvalue weighted by atomic mass is 10.1. The van der Waals surface area contributed by atoms with Gasteiger partial charge in [-0.3, -0.25) is 0 Å². The van der Waals surface area contributed by atoms with Crippen molar-refractivity contribution in [3.63, 3.8) is 0 Å². The number of halogens is 1. The van der Waals surface area contributed by atoms with Crippen molar-refractivity contribution in [2.75, 3.05) is 12.4 Å². The molecule has 3 N–H and O–H groups in total. The van der Waals surface area contributed by atoms with Crippen LogP contribution in [-0.2, 0) is 13.1 Å². The first-order chi connectivity index (χ1) is 9.22. The Bertz CT molecular complexity index is 543. The average Bonchev–Trinajstić information content (AvgIpc) is 2.46. The summed E-state index contributed by atoms with van der Waals surface area (Å²) < 4.78 is 18.7. The number of benzene rings is 1. The maximum atomic E-state index is 13.7. The van der Waals surface area contributed by atoms with E-state index in [-0.39, 0.29) is 5.82 Å². The predicted octanol–water partition coefficient (Wildman–Crippen LogP) is 2.30. The number of hydrogen-bond acceptors (Lipinski definition) is 4. The predicted molar refractivity (Wildman–Crippen MR) is 72.4 cm³/mol. The molecule has 2 aromatic rings. The first-order valence-electron chi connectivity index (χ1n) is 5.94. The van der Waals surface area contributed by atoms with E-state index in [1.165, 1.54) is 6.07 Å². The Labute approximate surface area is 111 Å². The zero-order valence-corrected chi connectivity index (χ0v) is 10.7. The Morgan fingerprint density at radius 1 is 1.32 bits per heavy atom. The molecule has 0 fully saturated rings. The van der Waals surface area contributed by atoms with Gasteiger partial charge in [-0.25, -0.2) is 9.37 Å². The molecule has 0 saturated heterocycles. The number of nitrogens with zero attached hydrogens (tertiary/aromatic N) is 1. The maximum Gasteiger partial charge on any atom is 0.137 e. The second kappa shape index (κ2) is 6.15. The average molecular weight is 261 g/mol. The van der Waals surface area contributed by atoms with Crippen molar-refractivity contribution < 1.29 is 9.13 Å². The molecule has 0 amide bonds. The van der Waals surface area contributed by atoms with Gasteiger partial charge in [0.05, 0.1) is 13.3 Å². The monoisotopic (exact) mass is 261 g/mol. The van der Waals surface area contributed by atoms with Crippen LogP contribution in [0.4, 0.5) is 10.2 Å². The molecular weight excluding hydrogens is 245 g/mol. The minimum absolute atomic E-state index is 0.260. The number of methoxy groups -OCH3 is 1. The number of anilines is 1. The van der Waals surface area contributed by atoms with Gasteiger partial charge in [0, 0.05) is 18.7 Å². The van der Waals surface area contributed by atoms with Gasteiger partial charge in [0.15, 0.2) is 0 Å². The van der Waals surface area contributed by atoms with Gasteiger partial charge in [-0.15, -0.1) is 0 Å². The number of hydrogen-bond donors (Lipinski definition) is 2. The summed E-state index contributed by atoms with van der Waals surface area (Å²) in [5, 5.41) is 3.05. The third-order valence-electron chi connectivity index (χ3n) is 2.79. The summed E-state index contributed by atoms with van der Waals surface area (Å²) >= 11 is 0. The Hall–Kier alpha value is -2.14. The molecule has 0 saturated carbocycles. The molecule has 4 nitrogen and oxygen atoms in total. The van der Waals surface area contributed by atoms with E-state index in [2.05, 4.69) is 10.3 Å². The van der Waals surface area contributed by atoms with E-state index in [4.69, 9.17) is 10.5 Å². The van der Waals surface area contributed by atoms with Crippen LogP contribution in [0.3, 0.4) is 0 Å². The summed E-state index contributed by atoms with van der Waals surface area (Å²) in [4.78, 5) is 4.15. The highest BCUT2D eigenvalue weighted by molar-refractivity contribution is 5.38. The molecule has 0 aliphatic rings. The van der Waals surface area contributed by atoms with Gasteiger partial charge >= 0.3 is 0 Å². The smallest absolute Gasteiger partial charge is 0.137 e. The quantitative estimate of drug-likeness (QED) is 0.867. The van der Waals surface area contributed by atoms with E-state index in [1.54, 1.807) is 31.5 Å². The van der Waals surface area contributed by atoms with Gasteiger partial charge in [-0.2, -0.15) is 0 Å². The molecule has 100 valence electrons. The standard InChI is InChI=1S/C14H16FN3O/c1-19-12-4-5-14(18-9-12)17-8-11-3-2-10(7-16)6-13(11)15/h2-6,9H,7-8,16H2,1H3,(H,17,18). The van der Waals surface area contributed by atoms with Crippen LogP contribution < -0.4 is 15.8 Å².